The highest BCUT2D eigenvalue weighted by molar-refractivity contribution is 7.89. The molecule has 0 aliphatic heterocycles. The Morgan fingerprint density at radius 2 is 1.78 bits per heavy atom. The van der Waals surface area contributed by atoms with Gasteiger partial charge in [-0.2, -0.15) is 4.72 Å². The number of hydrogen-bond donors (Lipinski definition) is 2. The van der Waals surface area contributed by atoms with Crippen LogP contribution in [0.1, 0.15) is 20.8 Å². The van der Waals surface area contributed by atoms with Crippen LogP contribution < -0.4 is 10.0 Å². The minimum atomic E-state index is -3.75. The van der Waals surface area contributed by atoms with Crippen LogP contribution in [0.25, 0.3) is 0 Å². The summed E-state index contributed by atoms with van der Waals surface area (Å²) < 4.78 is 26.7. The molecular weight excluding hydrogens is 338 g/mol. The Kier molecular flexibility index (Phi) is 7.98. The van der Waals surface area contributed by atoms with Crippen molar-refractivity contribution >= 4 is 27.5 Å². The summed E-state index contributed by atoms with van der Waals surface area (Å²) in [7, 11) is -3.75. The van der Waals surface area contributed by atoms with Crippen LogP contribution in [0.15, 0.2) is 29.2 Å². The van der Waals surface area contributed by atoms with E-state index < -0.39 is 16.1 Å². The average Bonchev–Trinajstić information content (AvgIpc) is 2.51. The summed E-state index contributed by atoms with van der Waals surface area (Å²) in [4.78, 5) is 14.2. The molecule has 0 aromatic heterocycles. The quantitative estimate of drug-likeness (QED) is 0.698. The van der Waals surface area contributed by atoms with E-state index in [0.717, 1.165) is 19.6 Å². The van der Waals surface area contributed by atoms with E-state index in [9.17, 15) is 13.2 Å². The number of halogens is 1. The van der Waals surface area contributed by atoms with Crippen LogP contribution >= 0.6 is 11.6 Å². The van der Waals surface area contributed by atoms with Gasteiger partial charge in [0, 0.05) is 18.1 Å². The van der Waals surface area contributed by atoms with Gasteiger partial charge in [-0.1, -0.05) is 25.4 Å². The zero-order valence-electron chi connectivity index (χ0n) is 13.7. The van der Waals surface area contributed by atoms with Gasteiger partial charge < -0.3 is 10.2 Å². The molecule has 0 saturated carbocycles. The second-order valence-corrected chi connectivity index (χ2v) is 7.27. The summed E-state index contributed by atoms with van der Waals surface area (Å²) in [5, 5.41) is 3.19. The number of benzene rings is 1. The van der Waals surface area contributed by atoms with Crippen LogP contribution in [0, 0.1) is 0 Å². The monoisotopic (exact) mass is 361 g/mol. The highest BCUT2D eigenvalue weighted by Gasteiger charge is 2.21. The Morgan fingerprint density at radius 1 is 1.22 bits per heavy atom. The van der Waals surface area contributed by atoms with Crippen molar-refractivity contribution in [3.8, 4) is 0 Å². The van der Waals surface area contributed by atoms with E-state index in [1.165, 1.54) is 31.2 Å². The predicted octanol–water partition coefficient (Wildman–Crippen LogP) is 1.46. The van der Waals surface area contributed by atoms with Gasteiger partial charge in [0.25, 0.3) is 0 Å². The maximum atomic E-state index is 12.2. The average molecular weight is 362 g/mol. The summed E-state index contributed by atoms with van der Waals surface area (Å²) >= 11 is 5.74. The molecule has 1 aromatic carbocycles. The van der Waals surface area contributed by atoms with E-state index in [1.807, 2.05) is 13.8 Å². The number of sulfonamides is 1. The fourth-order valence-electron chi connectivity index (χ4n) is 2.00. The third kappa shape index (κ3) is 6.47. The van der Waals surface area contributed by atoms with Gasteiger partial charge in [-0.05, 0) is 44.3 Å². The largest absolute Gasteiger partial charge is 0.353 e. The molecule has 8 heteroatoms. The molecule has 0 aliphatic carbocycles. The van der Waals surface area contributed by atoms with E-state index >= 15 is 0 Å². The van der Waals surface area contributed by atoms with Gasteiger partial charge in [-0.25, -0.2) is 8.42 Å². The minimum Gasteiger partial charge on any atom is -0.353 e. The summed E-state index contributed by atoms with van der Waals surface area (Å²) in [6.07, 6.45) is 0. The lowest BCUT2D eigenvalue weighted by molar-refractivity contribution is -0.122. The number of nitrogens with zero attached hydrogens (tertiary/aromatic N) is 1. The summed E-state index contributed by atoms with van der Waals surface area (Å²) in [6.45, 7) is 8.64. The summed E-state index contributed by atoms with van der Waals surface area (Å²) in [5.74, 6) is -0.352. The van der Waals surface area contributed by atoms with Gasteiger partial charge >= 0.3 is 0 Å². The first-order valence-corrected chi connectivity index (χ1v) is 9.44. The molecule has 0 fully saturated rings. The smallest absolute Gasteiger partial charge is 0.241 e. The van der Waals surface area contributed by atoms with Gasteiger partial charge in [-0.3, -0.25) is 4.79 Å². The van der Waals surface area contributed by atoms with Crippen molar-refractivity contribution < 1.29 is 13.2 Å². The Labute approximate surface area is 143 Å². The van der Waals surface area contributed by atoms with Crippen LogP contribution in [0.5, 0.6) is 0 Å². The fraction of sp³-hybridized carbons (Fsp3) is 0.533. The van der Waals surface area contributed by atoms with Gasteiger partial charge in [0.05, 0.1) is 10.9 Å². The number of nitrogens with one attached hydrogen (secondary N) is 2. The van der Waals surface area contributed by atoms with Gasteiger partial charge in [0.2, 0.25) is 15.9 Å². The third-order valence-corrected chi connectivity index (χ3v) is 5.28. The van der Waals surface area contributed by atoms with Crippen LogP contribution in [0.2, 0.25) is 5.02 Å². The lowest BCUT2D eigenvalue weighted by atomic mass is 10.3. The SMILES string of the molecule is CCN(CC)CCNC(=O)[C@H](C)NS(=O)(=O)c1ccc(Cl)cc1. The molecule has 0 heterocycles. The zero-order valence-corrected chi connectivity index (χ0v) is 15.2. The second kappa shape index (κ2) is 9.22. The van der Waals surface area contributed by atoms with E-state index in [-0.39, 0.29) is 10.8 Å². The first-order valence-electron chi connectivity index (χ1n) is 7.58. The van der Waals surface area contributed by atoms with Crippen LogP contribution in [-0.2, 0) is 14.8 Å². The van der Waals surface area contributed by atoms with Crippen LogP contribution in [0.3, 0.4) is 0 Å². The van der Waals surface area contributed by atoms with Crippen molar-refractivity contribution in [3.63, 3.8) is 0 Å². The molecular formula is C15H24ClN3O3S. The van der Waals surface area contributed by atoms with E-state index in [1.54, 1.807) is 0 Å². The minimum absolute atomic E-state index is 0.0738. The number of likely N-dealkylation sites (N-methyl/N-ethyl adjacent to an activating group) is 1. The predicted molar refractivity (Wildman–Crippen MR) is 92.0 cm³/mol. The Bertz CT molecular complexity index is 601. The molecule has 1 amide bonds. The number of hydrogen-bond acceptors (Lipinski definition) is 4. The third-order valence-electron chi connectivity index (χ3n) is 3.47. The molecule has 1 aromatic rings. The number of amides is 1. The molecule has 0 spiro atoms. The van der Waals surface area contributed by atoms with E-state index in [0.29, 0.717) is 11.6 Å². The fourth-order valence-corrected chi connectivity index (χ4v) is 3.33. The van der Waals surface area contributed by atoms with E-state index in [2.05, 4.69) is 14.9 Å². The van der Waals surface area contributed by atoms with Gasteiger partial charge in [0.15, 0.2) is 0 Å². The maximum absolute atomic E-state index is 12.2. The lowest BCUT2D eigenvalue weighted by Crippen LogP contribution is -2.46. The van der Waals surface area contributed by atoms with Crippen molar-refractivity contribution in [1.82, 2.24) is 14.9 Å². The van der Waals surface area contributed by atoms with Crippen molar-refractivity contribution in [1.29, 1.82) is 0 Å². The Hall–Kier alpha value is -1.15. The summed E-state index contributed by atoms with van der Waals surface area (Å²) in [5.41, 5.74) is 0. The van der Waals surface area contributed by atoms with Gasteiger partial charge in [-0.15, -0.1) is 0 Å². The highest BCUT2D eigenvalue weighted by atomic mass is 35.5. The van der Waals surface area contributed by atoms with Gasteiger partial charge in [0.1, 0.15) is 0 Å². The first kappa shape index (κ1) is 19.9. The normalized spacial score (nSPS) is 13.1. The van der Waals surface area contributed by atoms with Crippen molar-refractivity contribution in [2.24, 2.45) is 0 Å². The standard InChI is InChI=1S/C15H24ClN3O3S/c1-4-19(5-2)11-10-17-15(20)12(3)18-23(21,22)14-8-6-13(16)7-9-14/h6-9,12,18H,4-5,10-11H2,1-3H3,(H,17,20)/t12-/m0/s1. The van der Waals surface area contributed by atoms with Crippen LogP contribution in [0.4, 0.5) is 0 Å². The molecule has 0 saturated heterocycles. The van der Waals surface area contributed by atoms with Crippen molar-refractivity contribution in [2.45, 2.75) is 31.7 Å². The molecule has 0 radical (unpaired) electrons. The molecule has 0 aliphatic rings. The summed E-state index contributed by atoms with van der Waals surface area (Å²) in [6, 6.07) is 4.92. The molecule has 23 heavy (non-hydrogen) atoms. The topological polar surface area (TPSA) is 78.5 Å². The highest BCUT2D eigenvalue weighted by Crippen LogP contribution is 2.14. The molecule has 2 N–H and O–H groups in total. The van der Waals surface area contributed by atoms with Crippen LogP contribution in [-0.4, -0.2) is 51.4 Å². The lowest BCUT2D eigenvalue weighted by Gasteiger charge is -2.19. The molecule has 1 atom stereocenters. The number of carbonyl (C=O) groups excluding carboxylic acids is 1. The number of carbonyl (C=O) groups is 1. The van der Waals surface area contributed by atoms with Crippen molar-refractivity contribution in [2.75, 3.05) is 26.2 Å². The molecule has 130 valence electrons. The molecule has 0 unspecified atom stereocenters. The molecule has 6 nitrogen and oxygen atoms in total. The second-order valence-electron chi connectivity index (χ2n) is 5.11. The molecule has 1 rings (SSSR count). The Morgan fingerprint density at radius 3 is 2.30 bits per heavy atom. The van der Waals surface area contributed by atoms with E-state index in [4.69, 9.17) is 11.6 Å². The molecule has 0 bridgehead atoms. The van der Waals surface area contributed by atoms with Crippen molar-refractivity contribution in [3.05, 3.63) is 29.3 Å². The zero-order chi connectivity index (χ0) is 17.5. The number of rotatable bonds is 9. The first-order chi connectivity index (χ1) is 10.8. The Balaban J connectivity index is 2.55. The maximum Gasteiger partial charge on any atom is 0.241 e.